The SMILES string of the molecule is Nc1nc(N)c(-c2ccccc2)c([C@H](O)[C@H](O)CO)n1. The van der Waals surface area contributed by atoms with Gasteiger partial charge in [-0.25, -0.2) is 4.98 Å². The molecule has 0 saturated carbocycles. The van der Waals surface area contributed by atoms with E-state index in [2.05, 4.69) is 9.97 Å². The Hall–Kier alpha value is -2.22. The number of nitrogen functional groups attached to an aromatic ring is 2. The van der Waals surface area contributed by atoms with Crippen LogP contribution in [0.1, 0.15) is 11.8 Å². The highest BCUT2D eigenvalue weighted by molar-refractivity contribution is 5.77. The smallest absolute Gasteiger partial charge is 0.222 e. The van der Waals surface area contributed by atoms with Crippen LogP contribution in [0.5, 0.6) is 0 Å². The maximum atomic E-state index is 10.1. The number of aliphatic hydroxyl groups excluding tert-OH is 3. The Morgan fingerprint density at radius 3 is 2.30 bits per heavy atom. The van der Waals surface area contributed by atoms with Crippen LogP contribution in [-0.4, -0.2) is 38.0 Å². The molecule has 0 saturated heterocycles. The van der Waals surface area contributed by atoms with Crippen molar-refractivity contribution in [1.82, 2.24) is 9.97 Å². The van der Waals surface area contributed by atoms with Crippen molar-refractivity contribution in [2.75, 3.05) is 18.1 Å². The molecule has 1 heterocycles. The second kappa shape index (κ2) is 5.83. The van der Waals surface area contributed by atoms with Gasteiger partial charge in [-0.05, 0) is 5.56 Å². The van der Waals surface area contributed by atoms with E-state index in [4.69, 9.17) is 16.6 Å². The Kier molecular flexibility index (Phi) is 4.14. The quantitative estimate of drug-likeness (QED) is 0.516. The van der Waals surface area contributed by atoms with Crippen LogP contribution >= 0.6 is 0 Å². The van der Waals surface area contributed by atoms with E-state index in [0.29, 0.717) is 11.1 Å². The van der Waals surface area contributed by atoms with Gasteiger partial charge in [-0.15, -0.1) is 0 Å². The first-order valence-corrected chi connectivity index (χ1v) is 6.00. The molecule has 2 atom stereocenters. The average molecular weight is 276 g/mol. The number of hydrogen-bond donors (Lipinski definition) is 5. The second-order valence-corrected chi connectivity index (χ2v) is 4.29. The number of anilines is 2. The minimum absolute atomic E-state index is 0.0859. The van der Waals surface area contributed by atoms with Gasteiger partial charge in [-0.3, -0.25) is 0 Å². The molecule has 0 amide bonds. The Bertz CT molecular complexity index is 592. The summed E-state index contributed by atoms with van der Waals surface area (Å²) in [7, 11) is 0. The Labute approximate surface area is 115 Å². The molecule has 1 aromatic heterocycles. The van der Waals surface area contributed by atoms with E-state index < -0.39 is 18.8 Å². The first-order valence-electron chi connectivity index (χ1n) is 6.00. The van der Waals surface area contributed by atoms with Crippen molar-refractivity contribution in [1.29, 1.82) is 0 Å². The lowest BCUT2D eigenvalue weighted by molar-refractivity contribution is -0.0169. The highest BCUT2D eigenvalue weighted by Crippen LogP contribution is 2.32. The lowest BCUT2D eigenvalue weighted by atomic mass is 9.99. The summed E-state index contributed by atoms with van der Waals surface area (Å²) in [6.45, 7) is -0.612. The molecule has 0 aliphatic carbocycles. The molecule has 0 fully saturated rings. The van der Waals surface area contributed by atoms with Gasteiger partial charge >= 0.3 is 0 Å². The molecular formula is C13H16N4O3. The summed E-state index contributed by atoms with van der Waals surface area (Å²) in [5, 5.41) is 28.6. The Morgan fingerprint density at radius 2 is 1.70 bits per heavy atom. The van der Waals surface area contributed by atoms with E-state index >= 15 is 0 Å². The largest absolute Gasteiger partial charge is 0.394 e. The lowest BCUT2D eigenvalue weighted by Crippen LogP contribution is -2.24. The Morgan fingerprint density at radius 1 is 1.05 bits per heavy atom. The molecule has 7 N–H and O–H groups in total. The molecule has 20 heavy (non-hydrogen) atoms. The molecule has 1 aromatic carbocycles. The minimum Gasteiger partial charge on any atom is -0.394 e. The molecule has 2 rings (SSSR count). The van der Waals surface area contributed by atoms with Crippen molar-refractivity contribution < 1.29 is 15.3 Å². The van der Waals surface area contributed by atoms with Crippen molar-refractivity contribution in [3.8, 4) is 11.1 Å². The van der Waals surface area contributed by atoms with Crippen LogP contribution in [0.25, 0.3) is 11.1 Å². The van der Waals surface area contributed by atoms with Crippen molar-refractivity contribution in [3.63, 3.8) is 0 Å². The summed E-state index contributed by atoms with van der Waals surface area (Å²) < 4.78 is 0. The highest BCUT2D eigenvalue weighted by Gasteiger charge is 2.25. The van der Waals surface area contributed by atoms with Gasteiger partial charge in [0.2, 0.25) is 5.95 Å². The molecule has 0 aliphatic heterocycles. The van der Waals surface area contributed by atoms with Crippen LogP contribution in [0.3, 0.4) is 0 Å². The Balaban J connectivity index is 2.61. The van der Waals surface area contributed by atoms with Crippen molar-refractivity contribution in [3.05, 3.63) is 36.0 Å². The first kappa shape index (κ1) is 14.2. The molecule has 106 valence electrons. The van der Waals surface area contributed by atoms with Crippen LogP contribution in [-0.2, 0) is 0 Å². The van der Waals surface area contributed by atoms with Gasteiger partial charge in [-0.2, -0.15) is 4.98 Å². The third kappa shape index (κ3) is 2.69. The number of nitrogens with two attached hydrogens (primary N) is 2. The number of aliphatic hydroxyl groups is 3. The van der Waals surface area contributed by atoms with Crippen LogP contribution in [0, 0.1) is 0 Å². The minimum atomic E-state index is -1.41. The maximum absolute atomic E-state index is 10.1. The van der Waals surface area contributed by atoms with E-state index in [1.54, 1.807) is 24.3 Å². The first-order chi connectivity index (χ1) is 9.54. The normalized spacial score (nSPS) is 13.9. The molecule has 0 radical (unpaired) electrons. The summed E-state index contributed by atoms with van der Waals surface area (Å²) in [6, 6.07) is 8.96. The molecule has 0 unspecified atom stereocenters. The van der Waals surface area contributed by atoms with Crippen molar-refractivity contribution >= 4 is 11.8 Å². The predicted octanol–water partition coefficient (Wildman–Crippen LogP) is -0.305. The third-order valence-corrected chi connectivity index (χ3v) is 2.88. The van der Waals surface area contributed by atoms with Crippen LogP contribution in [0.4, 0.5) is 11.8 Å². The number of benzene rings is 1. The van der Waals surface area contributed by atoms with Gasteiger partial charge < -0.3 is 26.8 Å². The maximum Gasteiger partial charge on any atom is 0.222 e. The predicted molar refractivity (Wildman–Crippen MR) is 74.3 cm³/mol. The third-order valence-electron chi connectivity index (χ3n) is 2.88. The molecule has 0 aliphatic rings. The number of hydrogen-bond acceptors (Lipinski definition) is 7. The fourth-order valence-electron chi connectivity index (χ4n) is 1.91. The summed E-state index contributed by atoms with van der Waals surface area (Å²) in [5.41, 5.74) is 12.5. The molecule has 2 aromatic rings. The van der Waals surface area contributed by atoms with E-state index in [1.807, 2.05) is 6.07 Å². The zero-order valence-electron chi connectivity index (χ0n) is 10.6. The van der Waals surface area contributed by atoms with Gasteiger partial charge in [-0.1, -0.05) is 30.3 Å². The van der Waals surface area contributed by atoms with Gasteiger partial charge in [0.25, 0.3) is 0 Å². The second-order valence-electron chi connectivity index (χ2n) is 4.29. The zero-order valence-corrected chi connectivity index (χ0v) is 10.6. The summed E-state index contributed by atoms with van der Waals surface area (Å²) in [6.07, 6.45) is -2.80. The van der Waals surface area contributed by atoms with Crippen molar-refractivity contribution in [2.45, 2.75) is 12.2 Å². The highest BCUT2D eigenvalue weighted by atomic mass is 16.4. The number of rotatable bonds is 4. The van der Waals surface area contributed by atoms with E-state index in [1.165, 1.54) is 0 Å². The fourth-order valence-corrected chi connectivity index (χ4v) is 1.91. The van der Waals surface area contributed by atoms with Crippen LogP contribution in [0.15, 0.2) is 30.3 Å². The standard InChI is InChI=1S/C13H16N4O3/c14-12-9(7-4-2-1-3-5-7)10(16-13(15)17-12)11(20)8(19)6-18/h1-5,8,11,18-20H,6H2,(H4,14,15,16,17)/t8-,11-/m1/s1. The van der Waals surface area contributed by atoms with Crippen LogP contribution < -0.4 is 11.5 Å². The molecule has 0 bridgehead atoms. The summed E-state index contributed by atoms with van der Waals surface area (Å²) in [4.78, 5) is 7.81. The molecule has 7 heteroatoms. The molecule has 7 nitrogen and oxygen atoms in total. The van der Waals surface area contributed by atoms with Crippen molar-refractivity contribution in [2.24, 2.45) is 0 Å². The lowest BCUT2D eigenvalue weighted by Gasteiger charge is -2.19. The topological polar surface area (TPSA) is 139 Å². The average Bonchev–Trinajstić information content (AvgIpc) is 2.45. The van der Waals surface area contributed by atoms with Gasteiger partial charge in [0.15, 0.2) is 0 Å². The van der Waals surface area contributed by atoms with Gasteiger partial charge in [0.05, 0.1) is 12.3 Å². The van der Waals surface area contributed by atoms with E-state index in [9.17, 15) is 10.2 Å². The summed E-state index contributed by atoms with van der Waals surface area (Å²) >= 11 is 0. The van der Waals surface area contributed by atoms with Gasteiger partial charge in [0, 0.05) is 5.56 Å². The zero-order chi connectivity index (χ0) is 14.7. The number of aromatic nitrogens is 2. The molecular weight excluding hydrogens is 260 g/mol. The number of nitrogens with zero attached hydrogens (tertiary/aromatic N) is 2. The molecule has 0 spiro atoms. The van der Waals surface area contributed by atoms with Gasteiger partial charge in [0.1, 0.15) is 18.0 Å². The monoisotopic (exact) mass is 276 g/mol. The summed E-state index contributed by atoms with van der Waals surface area (Å²) in [5.74, 6) is -0.00994. The van der Waals surface area contributed by atoms with E-state index in [0.717, 1.165) is 0 Å². The fraction of sp³-hybridized carbons (Fsp3) is 0.231. The van der Waals surface area contributed by atoms with Crippen LogP contribution in [0.2, 0.25) is 0 Å². The van der Waals surface area contributed by atoms with E-state index in [-0.39, 0.29) is 17.5 Å².